The van der Waals surface area contributed by atoms with Crippen molar-refractivity contribution in [3.05, 3.63) is 89.5 Å². The fraction of sp³-hybridized carbons (Fsp3) is 0.318. The van der Waals surface area contributed by atoms with Crippen LogP contribution in [0.5, 0.6) is 0 Å². The van der Waals surface area contributed by atoms with E-state index >= 15 is 0 Å². The van der Waals surface area contributed by atoms with Gasteiger partial charge in [-0.3, -0.25) is 9.58 Å². The Morgan fingerprint density at radius 2 is 1.78 bits per heavy atom. The summed E-state index contributed by atoms with van der Waals surface area (Å²) in [6.07, 6.45) is 1.93. The molecule has 0 fully saturated rings. The van der Waals surface area contributed by atoms with Gasteiger partial charge in [0.25, 0.3) is 0 Å². The molecule has 0 aliphatic carbocycles. The molecule has 27 heavy (non-hydrogen) atoms. The smallest absolute Gasteiger partial charge is 0.129 e. The monoisotopic (exact) mass is 367 g/mol. The number of aromatic nitrogens is 2. The van der Waals surface area contributed by atoms with Gasteiger partial charge in [0.05, 0.1) is 5.69 Å². The molecule has 0 aliphatic rings. The van der Waals surface area contributed by atoms with E-state index in [0.717, 1.165) is 18.7 Å². The first-order valence-corrected chi connectivity index (χ1v) is 9.18. The van der Waals surface area contributed by atoms with E-state index in [4.69, 9.17) is 4.74 Å². The second-order valence-electron chi connectivity index (χ2n) is 6.73. The van der Waals surface area contributed by atoms with Gasteiger partial charge in [-0.25, -0.2) is 4.39 Å². The minimum atomic E-state index is -0.520. The van der Waals surface area contributed by atoms with Gasteiger partial charge in [0.1, 0.15) is 18.1 Å². The minimum absolute atomic E-state index is 0.187. The highest BCUT2D eigenvalue weighted by atomic mass is 19.1. The molecular formula is C22H26FN3O. The SMILES string of the molecule is CC(OC(c1ccccc1F)c1ccnn1C)N(C)CCc1ccccc1. The first-order chi connectivity index (χ1) is 13.1. The molecule has 0 saturated carbocycles. The predicted molar refractivity (Wildman–Crippen MR) is 105 cm³/mol. The summed E-state index contributed by atoms with van der Waals surface area (Å²) in [7, 11) is 3.87. The van der Waals surface area contributed by atoms with Crippen molar-refractivity contribution in [3.63, 3.8) is 0 Å². The van der Waals surface area contributed by atoms with E-state index in [2.05, 4.69) is 22.1 Å². The van der Waals surface area contributed by atoms with Gasteiger partial charge >= 0.3 is 0 Å². The lowest BCUT2D eigenvalue weighted by atomic mass is 10.1. The molecule has 1 aromatic heterocycles. The van der Waals surface area contributed by atoms with Gasteiger partial charge in [0.15, 0.2) is 0 Å². The summed E-state index contributed by atoms with van der Waals surface area (Å²) >= 11 is 0. The largest absolute Gasteiger partial charge is 0.349 e. The van der Waals surface area contributed by atoms with Crippen molar-refractivity contribution < 1.29 is 9.13 Å². The summed E-state index contributed by atoms with van der Waals surface area (Å²) in [4.78, 5) is 2.14. The zero-order chi connectivity index (χ0) is 19.2. The molecule has 3 rings (SSSR count). The van der Waals surface area contributed by atoms with Crippen LogP contribution in [-0.2, 0) is 18.2 Å². The van der Waals surface area contributed by atoms with E-state index in [9.17, 15) is 4.39 Å². The first-order valence-electron chi connectivity index (χ1n) is 9.18. The Labute approximate surface area is 160 Å². The first kappa shape index (κ1) is 19.3. The topological polar surface area (TPSA) is 30.3 Å². The standard InChI is InChI=1S/C22H26FN3O/c1-17(25(2)16-14-18-9-5-4-6-10-18)27-22(21-13-15-24-26(21)3)19-11-7-8-12-20(19)23/h4-13,15,17,22H,14,16H2,1-3H3. The lowest BCUT2D eigenvalue weighted by Crippen LogP contribution is -2.35. The fourth-order valence-corrected chi connectivity index (χ4v) is 3.06. The number of aryl methyl sites for hydroxylation is 1. The number of halogens is 1. The minimum Gasteiger partial charge on any atom is -0.349 e. The van der Waals surface area contributed by atoms with Gasteiger partial charge < -0.3 is 4.74 Å². The highest BCUT2D eigenvalue weighted by molar-refractivity contribution is 5.27. The van der Waals surface area contributed by atoms with Crippen molar-refractivity contribution in [2.75, 3.05) is 13.6 Å². The maximum Gasteiger partial charge on any atom is 0.129 e. The zero-order valence-electron chi connectivity index (χ0n) is 16.0. The summed E-state index contributed by atoms with van der Waals surface area (Å²) in [6.45, 7) is 2.84. The van der Waals surface area contributed by atoms with E-state index < -0.39 is 6.10 Å². The summed E-state index contributed by atoms with van der Waals surface area (Å²) in [5, 5.41) is 4.22. The van der Waals surface area contributed by atoms with E-state index in [-0.39, 0.29) is 12.0 Å². The molecule has 0 amide bonds. The van der Waals surface area contributed by atoms with Crippen LogP contribution in [0.1, 0.15) is 29.8 Å². The van der Waals surface area contributed by atoms with E-state index in [1.807, 2.05) is 51.4 Å². The summed E-state index contributed by atoms with van der Waals surface area (Å²) in [5.41, 5.74) is 2.63. The Kier molecular flexibility index (Phi) is 6.37. The Morgan fingerprint density at radius 3 is 2.44 bits per heavy atom. The third-order valence-electron chi connectivity index (χ3n) is 4.86. The number of likely N-dealkylation sites (N-methyl/N-ethyl adjacent to an activating group) is 1. The third-order valence-corrected chi connectivity index (χ3v) is 4.86. The van der Waals surface area contributed by atoms with E-state index in [1.54, 1.807) is 23.0 Å². The summed E-state index contributed by atoms with van der Waals surface area (Å²) < 4.78 is 22.5. The number of benzene rings is 2. The van der Waals surface area contributed by atoms with Crippen molar-refractivity contribution in [2.24, 2.45) is 7.05 Å². The van der Waals surface area contributed by atoms with E-state index in [1.165, 1.54) is 11.6 Å². The molecule has 2 aromatic carbocycles. The third kappa shape index (κ3) is 4.81. The summed E-state index contributed by atoms with van der Waals surface area (Å²) in [5.74, 6) is -0.275. The Balaban J connectivity index is 1.73. The molecule has 0 radical (unpaired) electrons. The van der Waals surface area contributed by atoms with Crippen LogP contribution in [0.4, 0.5) is 4.39 Å². The molecule has 1 heterocycles. The predicted octanol–water partition coefficient (Wildman–Crippen LogP) is 4.19. The molecule has 0 saturated heterocycles. The van der Waals surface area contributed by atoms with E-state index in [0.29, 0.717) is 5.56 Å². The fourth-order valence-electron chi connectivity index (χ4n) is 3.06. The van der Waals surface area contributed by atoms with Gasteiger partial charge in [0.2, 0.25) is 0 Å². The number of hydrogen-bond donors (Lipinski definition) is 0. The number of ether oxygens (including phenoxy) is 1. The molecule has 3 aromatic rings. The Hall–Kier alpha value is -2.50. The molecule has 2 unspecified atom stereocenters. The van der Waals surface area contributed by atoms with Crippen molar-refractivity contribution in [1.82, 2.24) is 14.7 Å². The highest BCUT2D eigenvalue weighted by Crippen LogP contribution is 2.29. The van der Waals surface area contributed by atoms with Crippen LogP contribution in [0.2, 0.25) is 0 Å². The second kappa shape index (κ2) is 8.93. The molecule has 0 bridgehead atoms. The van der Waals surface area contributed by atoms with Crippen LogP contribution in [0.15, 0.2) is 66.9 Å². The molecule has 142 valence electrons. The highest BCUT2D eigenvalue weighted by Gasteiger charge is 2.25. The summed E-state index contributed by atoms with van der Waals surface area (Å²) in [6, 6.07) is 19.0. The Bertz CT molecular complexity index is 850. The van der Waals surface area contributed by atoms with Gasteiger partial charge in [-0.2, -0.15) is 5.10 Å². The van der Waals surface area contributed by atoms with Gasteiger partial charge in [-0.1, -0.05) is 48.5 Å². The lowest BCUT2D eigenvalue weighted by Gasteiger charge is -2.29. The van der Waals surface area contributed by atoms with Gasteiger partial charge in [-0.05, 0) is 38.1 Å². The van der Waals surface area contributed by atoms with Crippen LogP contribution in [0, 0.1) is 5.82 Å². The van der Waals surface area contributed by atoms with Gasteiger partial charge in [-0.15, -0.1) is 0 Å². The van der Waals surface area contributed by atoms with Crippen LogP contribution in [-0.4, -0.2) is 34.5 Å². The number of hydrogen-bond acceptors (Lipinski definition) is 3. The maximum atomic E-state index is 14.5. The molecule has 2 atom stereocenters. The lowest BCUT2D eigenvalue weighted by molar-refractivity contribution is -0.0694. The van der Waals surface area contributed by atoms with Crippen molar-refractivity contribution in [1.29, 1.82) is 0 Å². The average Bonchev–Trinajstić information content (AvgIpc) is 3.11. The Morgan fingerprint density at radius 1 is 1.07 bits per heavy atom. The molecule has 0 spiro atoms. The molecule has 0 N–H and O–H groups in total. The van der Waals surface area contributed by atoms with Crippen LogP contribution in [0.25, 0.3) is 0 Å². The van der Waals surface area contributed by atoms with Crippen LogP contribution >= 0.6 is 0 Å². The zero-order valence-corrected chi connectivity index (χ0v) is 16.0. The normalized spacial score (nSPS) is 13.7. The molecule has 0 aliphatic heterocycles. The van der Waals surface area contributed by atoms with Crippen LogP contribution < -0.4 is 0 Å². The number of rotatable bonds is 8. The van der Waals surface area contributed by atoms with Gasteiger partial charge in [0, 0.05) is 25.4 Å². The quantitative estimate of drug-likeness (QED) is 0.560. The second-order valence-corrected chi connectivity index (χ2v) is 6.73. The van der Waals surface area contributed by atoms with Crippen molar-refractivity contribution in [2.45, 2.75) is 25.7 Å². The van der Waals surface area contributed by atoms with Crippen molar-refractivity contribution >= 4 is 0 Å². The molecule has 5 heteroatoms. The maximum absolute atomic E-state index is 14.5. The average molecular weight is 367 g/mol. The van der Waals surface area contributed by atoms with Crippen LogP contribution in [0.3, 0.4) is 0 Å². The van der Waals surface area contributed by atoms with Crippen molar-refractivity contribution in [3.8, 4) is 0 Å². The number of nitrogens with zero attached hydrogens (tertiary/aromatic N) is 3. The molecule has 4 nitrogen and oxygen atoms in total. The molecular weight excluding hydrogens is 341 g/mol.